The molecule has 0 bridgehead atoms. The summed E-state index contributed by atoms with van der Waals surface area (Å²) in [7, 11) is 1.60. The Morgan fingerprint density at radius 2 is 1.58 bits per heavy atom. The fourth-order valence-corrected chi connectivity index (χ4v) is 2.34. The van der Waals surface area contributed by atoms with E-state index in [-0.39, 0.29) is 5.91 Å². The molecule has 0 radical (unpaired) electrons. The molecule has 132 valence electrons. The van der Waals surface area contributed by atoms with Gasteiger partial charge in [0.05, 0.1) is 12.7 Å². The Morgan fingerprint density at radius 3 is 2.15 bits per heavy atom. The summed E-state index contributed by atoms with van der Waals surface area (Å²) >= 11 is 0. The molecule has 0 unspecified atom stereocenters. The third-order valence-electron chi connectivity index (χ3n) is 3.88. The molecular formula is C20H20N4O2. The van der Waals surface area contributed by atoms with Crippen molar-refractivity contribution in [3.63, 3.8) is 0 Å². The summed E-state index contributed by atoms with van der Waals surface area (Å²) in [6, 6.07) is 15.2. The highest BCUT2D eigenvalue weighted by Crippen LogP contribution is 2.17. The number of amides is 1. The zero-order valence-corrected chi connectivity index (χ0v) is 14.7. The van der Waals surface area contributed by atoms with Crippen LogP contribution < -0.4 is 15.4 Å². The Kier molecular flexibility index (Phi) is 5.43. The van der Waals surface area contributed by atoms with Crippen LogP contribution in [0.5, 0.6) is 5.75 Å². The summed E-state index contributed by atoms with van der Waals surface area (Å²) in [4.78, 5) is 20.7. The number of anilines is 3. The van der Waals surface area contributed by atoms with Gasteiger partial charge in [-0.25, -0.2) is 9.97 Å². The maximum atomic E-state index is 12.3. The molecule has 6 nitrogen and oxygen atoms in total. The van der Waals surface area contributed by atoms with Crippen LogP contribution in [0.15, 0.2) is 60.9 Å². The Labute approximate surface area is 152 Å². The van der Waals surface area contributed by atoms with Crippen LogP contribution in [-0.2, 0) is 6.42 Å². The molecule has 0 spiro atoms. The molecule has 3 aromatic rings. The minimum Gasteiger partial charge on any atom is -0.497 e. The van der Waals surface area contributed by atoms with E-state index in [0.29, 0.717) is 17.2 Å². The van der Waals surface area contributed by atoms with E-state index in [0.717, 1.165) is 17.9 Å². The smallest absolute Gasteiger partial charge is 0.258 e. The number of hydrogen-bond acceptors (Lipinski definition) is 5. The Balaban J connectivity index is 1.63. The van der Waals surface area contributed by atoms with Crippen LogP contribution in [0, 0.1) is 0 Å². The molecule has 0 saturated carbocycles. The molecule has 2 aromatic carbocycles. The predicted molar refractivity (Wildman–Crippen MR) is 102 cm³/mol. The second kappa shape index (κ2) is 8.11. The molecular weight excluding hydrogens is 328 g/mol. The third-order valence-corrected chi connectivity index (χ3v) is 3.88. The molecule has 0 aliphatic carbocycles. The van der Waals surface area contributed by atoms with Crippen molar-refractivity contribution in [2.24, 2.45) is 0 Å². The van der Waals surface area contributed by atoms with Crippen LogP contribution in [0.2, 0.25) is 0 Å². The van der Waals surface area contributed by atoms with Gasteiger partial charge in [-0.2, -0.15) is 0 Å². The zero-order valence-electron chi connectivity index (χ0n) is 14.7. The van der Waals surface area contributed by atoms with Gasteiger partial charge in [0.15, 0.2) is 0 Å². The number of rotatable bonds is 6. The lowest BCUT2D eigenvalue weighted by molar-refractivity contribution is 0.102. The van der Waals surface area contributed by atoms with E-state index in [1.54, 1.807) is 31.4 Å². The molecule has 6 heteroatoms. The van der Waals surface area contributed by atoms with Gasteiger partial charge in [-0.05, 0) is 48.4 Å². The molecule has 26 heavy (non-hydrogen) atoms. The van der Waals surface area contributed by atoms with Gasteiger partial charge in [-0.15, -0.1) is 0 Å². The molecule has 0 atom stereocenters. The number of nitrogens with zero attached hydrogens (tertiary/aromatic N) is 2. The first-order chi connectivity index (χ1) is 12.7. The number of ether oxygens (including phenoxy) is 1. The highest BCUT2D eigenvalue weighted by Gasteiger charge is 2.08. The number of aryl methyl sites for hydroxylation is 1. The van der Waals surface area contributed by atoms with Crippen molar-refractivity contribution in [2.45, 2.75) is 13.3 Å². The number of carbonyl (C=O) groups excluding carboxylic acids is 1. The highest BCUT2D eigenvalue weighted by molar-refractivity contribution is 6.03. The van der Waals surface area contributed by atoms with E-state index in [2.05, 4.69) is 39.7 Å². The molecule has 2 N–H and O–H groups in total. The van der Waals surface area contributed by atoms with Gasteiger partial charge in [0, 0.05) is 23.8 Å². The highest BCUT2D eigenvalue weighted by atomic mass is 16.5. The first kappa shape index (κ1) is 17.4. The summed E-state index contributed by atoms with van der Waals surface area (Å²) in [6.07, 6.45) is 3.98. The maximum absolute atomic E-state index is 12.3. The average molecular weight is 348 g/mol. The van der Waals surface area contributed by atoms with Crippen molar-refractivity contribution in [3.05, 3.63) is 72.1 Å². The van der Waals surface area contributed by atoms with E-state index < -0.39 is 0 Å². The van der Waals surface area contributed by atoms with Crippen molar-refractivity contribution in [3.8, 4) is 5.75 Å². The van der Waals surface area contributed by atoms with Crippen LogP contribution in [0.1, 0.15) is 22.8 Å². The quantitative estimate of drug-likeness (QED) is 0.703. The summed E-state index contributed by atoms with van der Waals surface area (Å²) in [6.45, 7) is 2.11. The van der Waals surface area contributed by atoms with Crippen molar-refractivity contribution >= 4 is 23.2 Å². The number of hydrogen-bond donors (Lipinski definition) is 2. The molecule has 0 fully saturated rings. The minimum absolute atomic E-state index is 0.269. The van der Waals surface area contributed by atoms with E-state index in [1.165, 1.54) is 18.0 Å². The fourth-order valence-electron chi connectivity index (χ4n) is 2.34. The van der Waals surface area contributed by atoms with Crippen molar-refractivity contribution in [1.29, 1.82) is 0 Å². The van der Waals surface area contributed by atoms with Gasteiger partial charge in [0.1, 0.15) is 5.75 Å². The molecule has 1 amide bonds. The molecule has 0 aliphatic heterocycles. The van der Waals surface area contributed by atoms with Gasteiger partial charge in [0.25, 0.3) is 5.91 Å². The Bertz CT molecular complexity index is 860. The summed E-state index contributed by atoms with van der Waals surface area (Å²) in [5, 5.41) is 5.91. The van der Waals surface area contributed by atoms with Gasteiger partial charge in [-0.1, -0.05) is 19.1 Å². The average Bonchev–Trinajstić information content (AvgIpc) is 2.69. The van der Waals surface area contributed by atoms with E-state index in [9.17, 15) is 4.79 Å². The lowest BCUT2D eigenvalue weighted by Crippen LogP contribution is -2.13. The van der Waals surface area contributed by atoms with E-state index >= 15 is 0 Å². The van der Waals surface area contributed by atoms with Crippen LogP contribution in [0.3, 0.4) is 0 Å². The molecule has 1 aromatic heterocycles. The number of aromatic nitrogens is 2. The van der Waals surface area contributed by atoms with Crippen LogP contribution in [0.25, 0.3) is 0 Å². The van der Waals surface area contributed by atoms with Crippen LogP contribution in [-0.4, -0.2) is 23.0 Å². The fraction of sp³-hybridized carbons (Fsp3) is 0.150. The molecule has 3 rings (SSSR count). The summed E-state index contributed by atoms with van der Waals surface area (Å²) in [5.41, 5.74) is 3.22. The standard InChI is InChI=1S/C20H20N4O2/c1-3-14-4-6-17(7-5-14)24-20-21-12-15(13-22-20)19(25)23-16-8-10-18(26-2)11-9-16/h4-13H,3H2,1-2H3,(H,23,25)(H,21,22,24). The maximum Gasteiger partial charge on any atom is 0.258 e. The van der Waals surface area contributed by atoms with E-state index in [1.807, 2.05) is 12.1 Å². The van der Waals surface area contributed by atoms with Crippen molar-refractivity contribution in [2.75, 3.05) is 17.7 Å². The van der Waals surface area contributed by atoms with Gasteiger partial charge >= 0.3 is 0 Å². The first-order valence-electron chi connectivity index (χ1n) is 8.31. The Hall–Kier alpha value is -3.41. The number of methoxy groups -OCH3 is 1. The molecule has 0 saturated heterocycles. The lowest BCUT2D eigenvalue weighted by Gasteiger charge is -2.08. The molecule has 1 heterocycles. The van der Waals surface area contributed by atoms with Crippen molar-refractivity contribution < 1.29 is 9.53 Å². The second-order valence-electron chi connectivity index (χ2n) is 5.65. The van der Waals surface area contributed by atoms with E-state index in [4.69, 9.17) is 4.74 Å². The zero-order chi connectivity index (χ0) is 18.4. The van der Waals surface area contributed by atoms with Gasteiger partial charge < -0.3 is 15.4 Å². The predicted octanol–water partition coefficient (Wildman–Crippen LogP) is 4.04. The monoisotopic (exact) mass is 348 g/mol. The summed E-state index contributed by atoms with van der Waals surface area (Å²) < 4.78 is 5.09. The minimum atomic E-state index is -0.269. The summed E-state index contributed by atoms with van der Waals surface area (Å²) in [5.74, 6) is 0.901. The second-order valence-corrected chi connectivity index (χ2v) is 5.65. The van der Waals surface area contributed by atoms with Gasteiger partial charge in [-0.3, -0.25) is 4.79 Å². The van der Waals surface area contributed by atoms with Crippen molar-refractivity contribution in [1.82, 2.24) is 9.97 Å². The number of nitrogens with one attached hydrogen (secondary N) is 2. The molecule has 0 aliphatic rings. The largest absolute Gasteiger partial charge is 0.497 e. The van der Waals surface area contributed by atoms with Crippen LogP contribution >= 0.6 is 0 Å². The first-order valence-corrected chi connectivity index (χ1v) is 8.31. The SMILES string of the molecule is CCc1ccc(Nc2ncc(C(=O)Nc3ccc(OC)cc3)cn2)cc1. The topological polar surface area (TPSA) is 76.1 Å². The third kappa shape index (κ3) is 4.36. The lowest BCUT2D eigenvalue weighted by atomic mass is 10.1. The normalized spacial score (nSPS) is 10.2. The number of carbonyl (C=O) groups is 1. The van der Waals surface area contributed by atoms with Gasteiger partial charge in [0.2, 0.25) is 5.95 Å². The van der Waals surface area contributed by atoms with Crippen LogP contribution in [0.4, 0.5) is 17.3 Å². The Morgan fingerprint density at radius 1 is 0.962 bits per heavy atom. The number of benzene rings is 2.